The third-order valence-corrected chi connectivity index (χ3v) is 4.67. The lowest BCUT2D eigenvalue weighted by molar-refractivity contribution is 0.165. The second-order valence-electron chi connectivity index (χ2n) is 5.32. The van der Waals surface area contributed by atoms with Gasteiger partial charge in [-0.3, -0.25) is 4.90 Å². The fourth-order valence-electron chi connectivity index (χ4n) is 3.65. The summed E-state index contributed by atoms with van der Waals surface area (Å²) in [5.41, 5.74) is 5.88. The number of hydrogen-bond donors (Lipinski definition) is 1. The summed E-state index contributed by atoms with van der Waals surface area (Å²) in [4.78, 5) is 3.31. The Labute approximate surface area is 105 Å². The lowest BCUT2D eigenvalue weighted by Crippen LogP contribution is -2.48. The summed E-state index contributed by atoms with van der Waals surface area (Å²) in [6.07, 6.45) is 9.48. The molecular weight excluding hydrogens is 216 g/mol. The fourth-order valence-corrected chi connectivity index (χ4v) is 3.95. The second-order valence-corrected chi connectivity index (χ2v) is 5.79. The van der Waals surface area contributed by atoms with E-state index in [1.54, 1.807) is 0 Å². The molecule has 1 saturated carbocycles. The predicted molar refractivity (Wildman–Crippen MR) is 72.6 cm³/mol. The lowest BCUT2D eigenvalue weighted by Gasteiger charge is -2.35. The van der Waals surface area contributed by atoms with Gasteiger partial charge in [-0.1, -0.05) is 32.0 Å². The molecule has 1 saturated heterocycles. The van der Waals surface area contributed by atoms with Crippen molar-refractivity contribution >= 4 is 17.2 Å². The molecule has 1 aliphatic heterocycles. The normalized spacial score (nSPS) is 29.7. The maximum absolute atomic E-state index is 5.88. The van der Waals surface area contributed by atoms with Crippen molar-refractivity contribution in [3.63, 3.8) is 0 Å². The number of nitrogens with two attached hydrogens (primary N) is 1. The van der Waals surface area contributed by atoms with E-state index < -0.39 is 0 Å². The Balaban J connectivity index is 2.03. The van der Waals surface area contributed by atoms with Crippen LogP contribution in [0.4, 0.5) is 0 Å². The minimum atomic E-state index is 0.350. The van der Waals surface area contributed by atoms with Crippen LogP contribution < -0.4 is 5.73 Å². The Bertz CT molecular complexity index is 248. The first kappa shape index (κ1) is 12.3. The van der Waals surface area contributed by atoms with Gasteiger partial charge in [0.2, 0.25) is 0 Å². The maximum Gasteiger partial charge on any atom is 0.0902 e. The zero-order valence-corrected chi connectivity index (χ0v) is 11.1. The van der Waals surface area contributed by atoms with Crippen molar-refractivity contribution in [1.82, 2.24) is 4.90 Å². The Morgan fingerprint density at radius 2 is 2.00 bits per heavy atom. The van der Waals surface area contributed by atoms with Crippen molar-refractivity contribution in [2.75, 3.05) is 6.54 Å². The number of thiocarbonyl (C=S) groups is 1. The van der Waals surface area contributed by atoms with Crippen molar-refractivity contribution in [3.05, 3.63) is 0 Å². The highest BCUT2D eigenvalue weighted by Gasteiger charge is 2.36. The number of rotatable bonds is 4. The molecule has 1 aliphatic carbocycles. The molecule has 1 heterocycles. The van der Waals surface area contributed by atoms with Crippen LogP contribution in [0.25, 0.3) is 0 Å². The Morgan fingerprint density at radius 3 is 2.56 bits per heavy atom. The van der Waals surface area contributed by atoms with Crippen LogP contribution in [-0.2, 0) is 0 Å². The zero-order chi connectivity index (χ0) is 11.5. The predicted octanol–water partition coefficient (Wildman–Crippen LogP) is 2.71. The third-order valence-electron chi connectivity index (χ3n) is 4.40. The minimum absolute atomic E-state index is 0.350. The molecule has 2 aliphatic rings. The molecule has 0 bridgehead atoms. The molecule has 2 fully saturated rings. The van der Waals surface area contributed by atoms with Gasteiger partial charge in [0.25, 0.3) is 0 Å². The van der Waals surface area contributed by atoms with Crippen molar-refractivity contribution in [1.29, 1.82) is 0 Å². The van der Waals surface area contributed by atoms with E-state index in [0.717, 1.165) is 18.4 Å². The van der Waals surface area contributed by atoms with Gasteiger partial charge in [-0.15, -0.1) is 0 Å². The lowest BCUT2D eigenvalue weighted by atomic mass is 9.95. The van der Waals surface area contributed by atoms with Gasteiger partial charge in [-0.05, 0) is 44.6 Å². The molecular formula is C13H24N2S. The molecule has 16 heavy (non-hydrogen) atoms. The molecule has 0 spiro atoms. The molecule has 2 atom stereocenters. The van der Waals surface area contributed by atoms with Crippen molar-refractivity contribution in [3.8, 4) is 0 Å². The van der Waals surface area contributed by atoms with E-state index in [2.05, 4.69) is 11.8 Å². The number of nitrogens with zero attached hydrogens (tertiary/aromatic N) is 1. The molecule has 0 amide bonds. The van der Waals surface area contributed by atoms with Gasteiger partial charge in [0.15, 0.2) is 0 Å². The molecule has 2 nitrogen and oxygen atoms in total. The topological polar surface area (TPSA) is 29.3 Å². The zero-order valence-electron chi connectivity index (χ0n) is 10.3. The molecule has 0 aromatic heterocycles. The van der Waals surface area contributed by atoms with Crippen LogP contribution in [0.15, 0.2) is 0 Å². The first-order valence-electron chi connectivity index (χ1n) is 6.79. The van der Waals surface area contributed by atoms with E-state index in [0.29, 0.717) is 11.0 Å². The van der Waals surface area contributed by atoms with Gasteiger partial charge < -0.3 is 5.73 Å². The molecule has 0 radical (unpaired) electrons. The summed E-state index contributed by atoms with van der Waals surface area (Å²) in [7, 11) is 0. The van der Waals surface area contributed by atoms with Crippen LogP contribution in [0.1, 0.15) is 51.9 Å². The monoisotopic (exact) mass is 240 g/mol. The largest absolute Gasteiger partial charge is 0.392 e. The molecule has 0 aromatic rings. The average Bonchev–Trinajstić information content (AvgIpc) is 2.86. The Morgan fingerprint density at radius 1 is 1.31 bits per heavy atom. The maximum atomic E-state index is 5.88. The van der Waals surface area contributed by atoms with E-state index >= 15 is 0 Å². The first-order chi connectivity index (χ1) is 7.74. The minimum Gasteiger partial charge on any atom is -0.392 e. The van der Waals surface area contributed by atoms with Gasteiger partial charge in [0, 0.05) is 6.04 Å². The van der Waals surface area contributed by atoms with Crippen LogP contribution in [0, 0.1) is 5.92 Å². The summed E-state index contributed by atoms with van der Waals surface area (Å²) >= 11 is 5.22. The van der Waals surface area contributed by atoms with Crippen LogP contribution in [0.3, 0.4) is 0 Å². The van der Waals surface area contributed by atoms with Gasteiger partial charge in [-0.2, -0.15) is 0 Å². The molecule has 2 unspecified atom stereocenters. The summed E-state index contributed by atoms with van der Waals surface area (Å²) in [6.45, 7) is 3.41. The summed E-state index contributed by atoms with van der Waals surface area (Å²) in [6, 6.07) is 1.12. The number of hydrogen-bond acceptors (Lipinski definition) is 2. The van der Waals surface area contributed by atoms with E-state index in [1.807, 2.05) is 0 Å². The highest BCUT2D eigenvalue weighted by atomic mass is 32.1. The Hall–Kier alpha value is -0.150. The van der Waals surface area contributed by atoms with Gasteiger partial charge in [0.05, 0.1) is 11.0 Å². The first-order valence-corrected chi connectivity index (χ1v) is 7.20. The van der Waals surface area contributed by atoms with E-state index in [1.165, 1.54) is 45.1 Å². The standard InChI is InChI=1S/C13H24N2S/c1-2-11(13(14)16)15-9-5-8-12(15)10-6-3-4-7-10/h10-12H,2-9H2,1H3,(H2,14,16). The van der Waals surface area contributed by atoms with Gasteiger partial charge in [0.1, 0.15) is 0 Å². The van der Waals surface area contributed by atoms with E-state index in [-0.39, 0.29) is 0 Å². The number of likely N-dealkylation sites (tertiary alicyclic amines) is 1. The summed E-state index contributed by atoms with van der Waals surface area (Å²) < 4.78 is 0. The van der Waals surface area contributed by atoms with Gasteiger partial charge in [-0.25, -0.2) is 0 Å². The molecule has 2 rings (SSSR count). The third kappa shape index (κ3) is 2.40. The molecule has 3 heteroatoms. The fraction of sp³-hybridized carbons (Fsp3) is 0.923. The van der Waals surface area contributed by atoms with Crippen LogP contribution in [-0.4, -0.2) is 28.5 Å². The van der Waals surface area contributed by atoms with Crippen LogP contribution in [0.5, 0.6) is 0 Å². The van der Waals surface area contributed by atoms with Crippen molar-refractivity contribution < 1.29 is 0 Å². The summed E-state index contributed by atoms with van der Waals surface area (Å²) in [5.74, 6) is 0.922. The smallest absolute Gasteiger partial charge is 0.0902 e. The van der Waals surface area contributed by atoms with E-state index in [9.17, 15) is 0 Å². The van der Waals surface area contributed by atoms with Crippen LogP contribution in [0.2, 0.25) is 0 Å². The highest BCUT2D eigenvalue weighted by molar-refractivity contribution is 7.80. The molecule has 92 valence electrons. The van der Waals surface area contributed by atoms with Crippen LogP contribution >= 0.6 is 12.2 Å². The van der Waals surface area contributed by atoms with Gasteiger partial charge >= 0.3 is 0 Å². The van der Waals surface area contributed by atoms with Crippen molar-refractivity contribution in [2.45, 2.75) is 64.0 Å². The average molecular weight is 240 g/mol. The Kier molecular flexibility index (Phi) is 4.20. The molecule has 0 aromatic carbocycles. The second kappa shape index (κ2) is 5.46. The molecule has 2 N–H and O–H groups in total. The SMILES string of the molecule is CCC(C(N)=S)N1CCCC1C1CCCC1. The summed E-state index contributed by atoms with van der Waals surface area (Å²) in [5, 5.41) is 0. The van der Waals surface area contributed by atoms with E-state index in [4.69, 9.17) is 18.0 Å². The quantitative estimate of drug-likeness (QED) is 0.766. The highest BCUT2D eigenvalue weighted by Crippen LogP contribution is 2.36. The van der Waals surface area contributed by atoms with Crippen molar-refractivity contribution in [2.24, 2.45) is 11.7 Å².